The molecule has 0 bridgehead atoms. The van der Waals surface area contributed by atoms with Crippen LogP contribution in [0.1, 0.15) is 81.6 Å². The van der Waals surface area contributed by atoms with Gasteiger partial charge in [-0.2, -0.15) is 13.9 Å². The van der Waals surface area contributed by atoms with Gasteiger partial charge in [0.1, 0.15) is 11.5 Å². The topological polar surface area (TPSA) is 67.1 Å². The molecule has 1 N–H and O–H groups in total. The largest absolute Gasteiger partial charge is 0.433 e. The first-order valence-electron chi connectivity index (χ1n) is 16.4. The molecular weight excluding hydrogens is 586 g/mol. The van der Waals surface area contributed by atoms with E-state index in [2.05, 4.69) is 63.5 Å². The molecule has 1 saturated heterocycles. The van der Waals surface area contributed by atoms with Crippen molar-refractivity contribution in [1.82, 2.24) is 19.7 Å². The van der Waals surface area contributed by atoms with Gasteiger partial charge in [0.2, 0.25) is 0 Å². The van der Waals surface area contributed by atoms with E-state index in [1.165, 1.54) is 0 Å². The summed E-state index contributed by atoms with van der Waals surface area (Å²) in [6.45, 7) is 29.8. The van der Waals surface area contributed by atoms with Gasteiger partial charge in [0, 0.05) is 77.4 Å². The lowest BCUT2D eigenvalue weighted by Crippen LogP contribution is -2.57. The van der Waals surface area contributed by atoms with Gasteiger partial charge >= 0.3 is 6.11 Å². The van der Waals surface area contributed by atoms with Gasteiger partial charge in [0.05, 0.1) is 11.9 Å². The van der Waals surface area contributed by atoms with E-state index in [9.17, 15) is 13.9 Å². The summed E-state index contributed by atoms with van der Waals surface area (Å²) < 4.78 is 31.2. The predicted molar refractivity (Wildman–Crippen MR) is 190 cm³/mol. The highest BCUT2D eigenvalue weighted by atomic mass is 19.3. The van der Waals surface area contributed by atoms with Crippen molar-refractivity contribution < 1.29 is 18.6 Å². The van der Waals surface area contributed by atoms with Gasteiger partial charge in [-0.3, -0.25) is 19.8 Å². The first kappa shape index (κ1) is 40.9. The van der Waals surface area contributed by atoms with Crippen molar-refractivity contribution >= 4 is 11.9 Å². The summed E-state index contributed by atoms with van der Waals surface area (Å²) in [6.07, 6.45) is 10.2. The van der Waals surface area contributed by atoms with Crippen molar-refractivity contribution in [3.05, 3.63) is 72.0 Å². The van der Waals surface area contributed by atoms with Gasteiger partial charge in [-0.25, -0.2) is 0 Å². The highest BCUT2D eigenvalue weighted by Crippen LogP contribution is 2.23. The van der Waals surface area contributed by atoms with Gasteiger partial charge in [0.15, 0.2) is 0 Å². The second-order valence-electron chi connectivity index (χ2n) is 12.2. The number of piperazine rings is 1. The van der Waals surface area contributed by atoms with Crippen molar-refractivity contribution in [3.63, 3.8) is 0 Å². The summed E-state index contributed by atoms with van der Waals surface area (Å²) in [5, 5.41) is 17.0. The van der Waals surface area contributed by atoms with E-state index >= 15 is 0 Å². The maximum Gasteiger partial charge on any atom is 0.394 e. The Morgan fingerprint density at radius 3 is 2.20 bits per heavy atom. The number of ether oxygens (including phenoxy) is 1. The summed E-state index contributed by atoms with van der Waals surface area (Å²) >= 11 is 0. The summed E-state index contributed by atoms with van der Waals surface area (Å²) in [7, 11) is 1.89. The SMILES string of the molecule is C=C(/C=N\N(C)/C=C(\C)N(CC)CCC(CC)N1CCN(C(C)(O)CC)CC1)/C=C(C)/C(/C=C(/C)C(=C)OC(C)(F)F)=N\C=C/C. The smallest absolute Gasteiger partial charge is 0.394 e. The zero-order valence-corrected chi connectivity index (χ0v) is 30.1. The molecule has 0 aromatic heterocycles. The minimum Gasteiger partial charge on any atom is -0.433 e. The summed E-state index contributed by atoms with van der Waals surface area (Å²) in [5.41, 5.74) is 2.83. The predicted octanol–water partition coefficient (Wildman–Crippen LogP) is 7.56. The van der Waals surface area contributed by atoms with Crippen LogP contribution in [-0.2, 0) is 4.74 Å². The second kappa shape index (κ2) is 19.6. The molecule has 1 aliphatic rings. The van der Waals surface area contributed by atoms with Crippen molar-refractivity contribution in [3.8, 4) is 0 Å². The number of aliphatic hydroxyl groups is 1. The molecule has 0 amide bonds. The number of hydrogen-bond donors (Lipinski definition) is 1. The highest BCUT2D eigenvalue weighted by molar-refractivity contribution is 6.09. The van der Waals surface area contributed by atoms with Crippen LogP contribution in [0.2, 0.25) is 0 Å². The number of nitrogens with zero attached hydrogens (tertiary/aromatic N) is 6. The average Bonchev–Trinajstić information content (AvgIpc) is 2.99. The Hall–Kier alpha value is -3.08. The molecule has 46 heavy (non-hydrogen) atoms. The Labute approximate surface area is 277 Å². The first-order valence-corrected chi connectivity index (χ1v) is 16.4. The second-order valence-corrected chi connectivity index (χ2v) is 12.2. The molecule has 1 aliphatic heterocycles. The van der Waals surface area contributed by atoms with Crippen molar-refractivity contribution in [2.45, 2.75) is 99.5 Å². The Morgan fingerprint density at radius 1 is 1.04 bits per heavy atom. The van der Waals surface area contributed by atoms with Crippen LogP contribution in [0.4, 0.5) is 8.78 Å². The van der Waals surface area contributed by atoms with Crippen molar-refractivity contribution in [2.24, 2.45) is 10.1 Å². The van der Waals surface area contributed by atoms with E-state index in [1.54, 1.807) is 36.5 Å². The molecule has 8 nitrogen and oxygen atoms in total. The van der Waals surface area contributed by atoms with Crippen LogP contribution < -0.4 is 0 Å². The first-order chi connectivity index (χ1) is 21.5. The van der Waals surface area contributed by atoms with Gasteiger partial charge < -0.3 is 14.7 Å². The molecule has 0 aromatic rings. The molecule has 10 heteroatoms. The standard InChI is InChI=1S/C36H60F2N6O2/c1-13-18-39-34(25-29(6)32(9)46-36(11,37)38)30(7)24-28(5)26-40-41(12)27-31(8)42(16-4)19-17-33(14-2)43-20-22-44(23-21-43)35(10,45)15-3/h13,18,24-27,33,45H,5,9,14-17,19-23H2,1-4,6-8,10-12H3/b18-13-,29-25-,30-24+,31-27+,39-34-,40-26-. The Morgan fingerprint density at radius 2 is 1.67 bits per heavy atom. The zero-order chi connectivity index (χ0) is 35.1. The summed E-state index contributed by atoms with van der Waals surface area (Å²) in [4.78, 5) is 11.6. The van der Waals surface area contributed by atoms with Crippen LogP contribution in [0.15, 0.2) is 82.1 Å². The molecule has 260 valence electrons. The molecule has 0 saturated carbocycles. The molecule has 0 radical (unpaired) electrons. The van der Waals surface area contributed by atoms with Gasteiger partial charge in [-0.05, 0) is 89.7 Å². The van der Waals surface area contributed by atoms with E-state index in [-0.39, 0.29) is 5.76 Å². The molecule has 2 atom stereocenters. The number of rotatable bonds is 19. The maximum absolute atomic E-state index is 13.3. The number of hydrogen-bond acceptors (Lipinski definition) is 8. The number of hydrazone groups is 1. The monoisotopic (exact) mass is 646 g/mol. The molecule has 0 aliphatic carbocycles. The van der Waals surface area contributed by atoms with E-state index in [0.29, 0.717) is 29.8 Å². The third kappa shape index (κ3) is 14.6. The van der Waals surface area contributed by atoms with Crippen LogP contribution >= 0.6 is 0 Å². The Bertz CT molecular complexity index is 1170. The minimum absolute atomic E-state index is 0.121. The van der Waals surface area contributed by atoms with Crippen LogP contribution in [0.3, 0.4) is 0 Å². The molecule has 1 rings (SSSR count). The Kier molecular flexibility index (Phi) is 17.4. The van der Waals surface area contributed by atoms with Crippen molar-refractivity contribution in [1.29, 1.82) is 0 Å². The lowest BCUT2D eigenvalue weighted by molar-refractivity contribution is -0.195. The number of allylic oxidation sites excluding steroid dienone is 7. The summed E-state index contributed by atoms with van der Waals surface area (Å²) in [5.74, 6) is -0.121. The zero-order valence-electron chi connectivity index (χ0n) is 30.1. The number of alkyl halides is 2. The van der Waals surface area contributed by atoms with Gasteiger partial charge in [-0.1, -0.05) is 33.1 Å². The molecule has 0 aromatic carbocycles. The highest BCUT2D eigenvalue weighted by Gasteiger charge is 2.32. The molecule has 0 spiro atoms. The van der Waals surface area contributed by atoms with Crippen LogP contribution in [0.5, 0.6) is 0 Å². The normalized spacial score (nSPS) is 18.6. The number of aliphatic imine (C=N–C) groups is 1. The van der Waals surface area contributed by atoms with E-state index in [1.807, 2.05) is 47.0 Å². The molecular formula is C36H60F2N6O2. The van der Waals surface area contributed by atoms with E-state index < -0.39 is 11.8 Å². The maximum atomic E-state index is 13.3. The van der Waals surface area contributed by atoms with Crippen LogP contribution in [0, 0.1) is 0 Å². The third-order valence-corrected chi connectivity index (χ3v) is 8.31. The lowest BCUT2D eigenvalue weighted by atomic mass is 10.1. The number of halogens is 2. The molecule has 2 unspecified atom stereocenters. The van der Waals surface area contributed by atoms with Crippen LogP contribution in [0.25, 0.3) is 0 Å². The average molecular weight is 647 g/mol. The fraction of sp³-hybridized carbons (Fsp3) is 0.611. The van der Waals surface area contributed by atoms with Gasteiger partial charge in [0.25, 0.3) is 0 Å². The molecule has 1 heterocycles. The fourth-order valence-electron chi connectivity index (χ4n) is 5.26. The molecule has 1 fully saturated rings. The lowest BCUT2D eigenvalue weighted by Gasteiger charge is -2.45. The summed E-state index contributed by atoms with van der Waals surface area (Å²) in [6, 6.07) is 0.503. The minimum atomic E-state index is -3.32. The Balaban J connectivity index is 2.87. The van der Waals surface area contributed by atoms with E-state index in [4.69, 9.17) is 0 Å². The fourth-order valence-corrected chi connectivity index (χ4v) is 5.26. The van der Waals surface area contributed by atoms with Gasteiger partial charge in [-0.15, -0.1) is 0 Å². The van der Waals surface area contributed by atoms with Crippen molar-refractivity contribution in [2.75, 3.05) is 46.3 Å². The van der Waals surface area contributed by atoms with Crippen LogP contribution in [-0.4, -0.2) is 101 Å². The van der Waals surface area contributed by atoms with E-state index in [0.717, 1.165) is 69.8 Å². The quantitative estimate of drug-likeness (QED) is 0.0677. The third-order valence-electron chi connectivity index (χ3n) is 8.31.